The van der Waals surface area contributed by atoms with E-state index in [0.717, 1.165) is 19.6 Å². The van der Waals surface area contributed by atoms with Gasteiger partial charge in [0, 0.05) is 19.7 Å². The van der Waals surface area contributed by atoms with Crippen LogP contribution in [0.1, 0.15) is 19.3 Å². The Balaban J connectivity index is 1.77. The van der Waals surface area contributed by atoms with Crippen molar-refractivity contribution >= 4 is 11.4 Å². The molecule has 2 saturated heterocycles. The number of nitrogens with zero attached hydrogens (tertiary/aromatic N) is 1. The van der Waals surface area contributed by atoms with Crippen LogP contribution < -0.4 is 10.2 Å². The molecule has 3 rings (SSSR count). The normalized spacial score (nSPS) is 24.2. The van der Waals surface area contributed by atoms with Crippen LogP contribution in [-0.2, 0) is 4.74 Å². The molecule has 3 nitrogen and oxygen atoms in total. The summed E-state index contributed by atoms with van der Waals surface area (Å²) in [7, 11) is 0. The lowest BCUT2D eigenvalue weighted by Gasteiger charge is -2.23. The number of hydrogen-bond acceptors (Lipinski definition) is 3. The van der Waals surface area contributed by atoms with Gasteiger partial charge in [0.1, 0.15) is 0 Å². The van der Waals surface area contributed by atoms with Gasteiger partial charge in [0.05, 0.1) is 24.0 Å². The number of rotatable bonds is 3. The zero-order valence-electron chi connectivity index (χ0n) is 10.2. The number of anilines is 2. The minimum atomic E-state index is 0.485. The third-order valence-electron chi connectivity index (χ3n) is 3.64. The fourth-order valence-electron chi connectivity index (χ4n) is 2.70. The molecule has 2 fully saturated rings. The highest BCUT2D eigenvalue weighted by Crippen LogP contribution is 2.29. The Morgan fingerprint density at radius 1 is 1.18 bits per heavy atom. The lowest BCUT2D eigenvalue weighted by Crippen LogP contribution is -2.23. The van der Waals surface area contributed by atoms with Crippen LogP contribution in [0.2, 0.25) is 0 Å². The SMILES string of the molecule is c1ccc(N2CCCC2)c(NC2CCOC2)c1. The molecule has 3 heteroatoms. The predicted octanol–water partition coefficient (Wildman–Crippen LogP) is 2.49. The van der Waals surface area contributed by atoms with E-state index in [1.54, 1.807) is 0 Å². The first kappa shape index (κ1) is 10.9. The van der Waals surface area contributed by atoms with E-state index in [2.05, 4.69) is 34.5 Å². The monoisotopic (exact) mass is 232 g/mol. The van der Waals surface area contributed by atoms with Gasteiger partial charge in [0.2, 0.25) is 0 Å². The lowest BCUT2D eigenvalue weighted by atomic mass is 10.2. The summed E-state index contributed by atoms with van der Waals surface area (Å²) in [6.45, 7) is 4.12. The molecular formula is C14H20N2O. The second-order valence-corrected chi connectivity index (χ2v) is 4.92. The fourth-order valence-corrected chi connectivity index (χ4v) is 2.70. The third kappa shape index (κ3) is 2.39. The van der Waals surface area contributed by atoms with Crippen molar-refractivity contribution < 1.29 is 4.74 Å². The molecule has 1 aromatic carbocycles. The van der Waals surface area contributed by atoms with Crippen LogP contribution in [-0.4, -0.2) is 32.3 Å². The highest BCUT2D eigenvalue weighted by Gasteiger charge is 2.19. The molecule has 2 aliphatic heterocycles. The maximum atomic E-state index is 5.42. The fraction of sp³-hybridized carbons (Fsp3) is 0.571. The van der Waals surface area contributed by atoms with Gasteiger partial charge in [-0.1, -0.05) is 12.1 Å². The Morgan fingerprint density at radius 3 is 2.76 bits per heavy atom. The van der Waals surface area contributed by atoms with Gasteiger partial charge >= 0.3 is 0 Å². The molecule has 0 aromatic heterocycles. The van der Waals surface area contributed by atoms with Crippen molar-refractivity contribution in [3.8, 4) is 0 Å². The van der Waals surface area contributed by atoms with Crippen molar-refractivity contribution in [1.29, 1.82) is 0 Å². The van der Waals surface area contributed by atoms with E-state index >= 15 is 0 Å². The van der Waals surface area contributed by atoms with Gasteiger partial charge in [-0.25, -0.2) is 0 Å². The predicted molar refractivity (Wildman–Crippen MR) is 70.7 cm³/mol. The maximum Gasteiger partial charge on any atom is 0.0668 e. The van der Waals surface area contributed by atoms with Crippen LogP contribution >= 0.6 is 0 Å². The number of hydrogen-bond donors (Lipinski definition) is 1. The minimum absolute atomic E-state index is 0.485. The van der Waals surface area contributed by atoms with E-state index < -0.39 is 0 Å². The van der Waals surface area contributed by atoms with Crippen LogP contribution in [0.3, 0.4) is 0 Å². The van der Waals surface area contributed by atoms with Gasteiger partial charge in [-0.3, -0.25) is 0 Å². The topological polar surface area (TPSA) is 24.5 Å². The molecule has 0 amide bonds. The summed E-state index contributed by atoms with van der Waals surface area (Å²) in [5.41, 5.74) is 2.63. The molecule has 2 heterocycles. The van der Waals surface area contributed by atoms with Crippen LogP contribution in [0.5, 0.6) is 0 Å². The van der Waals surface area contributed by atoms with Crippen LogP contribution in [0.4, 0.5) is 11.4 Å². The Morgan fingerprint density at radius 2 is 2.00 bits per heavy atom. The van der Waals surface area contributed by atoms with Crippen molar-refractivity contribution in [2.75, 3.05) is 36.5 Å². The summed E-state index contributed by atoms with van der Waals surface area (Å²) in [5.74, 6) is 0. The molecule has 0 saturated carbocycles. The van der Waals surface area contributed by atoms with Gasteiger partial charge in [0.15, 0.2) is 0 Å². The Labute approximate surface area is 103 Å². The summed E-state index contributed by atoms with van der Waals surface area (Å²) in [5, 5.41) is 3.62. The molecule has 1 N–H and O–H groups in total. The summed E-state index contributed by atoms with van der Waals surface area (Å²) >= 11 is 0. The van der Waals surface area contributed by atoms with E-state index in [4.69, 9.17) is 4.74 Å². The second-order valence-electron chi connectivity index (χ2n) is 4.92. The summed E-state index contributed by atoms with van der Waals surface area (Å²) in [6.07, 6.45) is 3.76. The average Bonchev–Trinajstić information content (AvgIpc) is 3.01. The zero-order valence-corrected chi connectivity index (χ0v) is 10.2. The van der Waals surface area contributed by atoms with Gasteiger partial charge in [0.25, 0.3) is 0 Å². The van der Waals surface area contributed by atoms with Crippen molar-refractivity contribution in [3.63, 3.8) is 0 Å². The molecular weight excluding hydrogens is 212 g/mol. The smallest absolute Gasteiger partial charge is 0.0668 e. The van der Waals surface area contributed by atoms with Gasteiger partial charge in [-0.15, -0.1) is 0 Å². The van der Waals surface area contributed by atoms with E-state index in [0.29, 0.717) is 6.04 Å². The van der Waals surface area contributed by atoms with E-state index in [1.165, 1.54) is 37.3 Å². The highest BCUT2D eigenvalue weighted by molar-refractivity contribution is 5.70. The van der Waals surface area contributed by atoms with E-state index in [-0.39, 0.29) is 0 Å². The largest absolute Gasteiger partial charge is 0.379 e. The molecule has 0 bridgehead atoms. The number of benzene rings is 1. The lowest BCUT2D eigenvalue weighted by molar-refractivity contribution is 0.195. The zero-order chi connectivity index (χ0) is 11.5. The minimum Gasteiger partial charge on any atom is -0.379 e. The number of ether oxygens (including phenoxy) is 1. The number of nitrogens with one attached hydrogen (secondary N) is 1. The Bertz CT molecular complexity index is 368. The first-order chi connectivity index (χ1) is 8.43. The Hall–Kier alpha value is -1.22. The van der Waals surface area contributed by atoms with Crippen molar-refractivity contribution in [3.05, 3.63) is 24.3 Å². The van der Waals surface area contributed by atoms with E-state index in [9.17, 15) is 0 Å². The first-order valence-corrected chi connectivity index (χ1v) is 6.62. The van der Waals surface area contributed by atoms with Gasteiger partial charge < -0.3 is 15.0 Å². The van der Waals surface area contributed by atoms with Gasteiger partial charge in [-0.2, -0.15) is 0 Å². The van der Waals surface area contributed by atoms with E-state index in [1.807, 2.05) is 0 Å². The average molecular weight is 232 g/mol. The standard InChI is InChI=1S/C14H20N2O/c1-2-6-14(16-8-3-4-9-16)13(5-1)15-12-7-10-17-11-12/h1-2,5-6,12,15H,3-4,7-11H2. The molecule has 1 aromatic rings. The molecule has 0 radical (unpaired) electrons. The van der Waals surface area contributed by atoms with Crippen LogP contribution in [0.15, 0.2) is 24.3 Å². The van der Waals surface area contributed by atoms with Crippen molar-refractivity contribution in [2.45, 2.75) is 25.3 Å². The summed E-state index contributed by atoms with van der Waals surface area (Å²) in [4.78, 5) is 2.48. The number of para-hydroxylation sites is 2. The highest BCUT2D eigenvalue weighted by atomic mass is 16.5. The Kier molecular flexibility index (Phi) is 3.18. The van der Waals surface area contributed by atoms with Crippen molar-refractivity contribution in [2.24, 2.45) is 0 Å². The van der Waals surface area contributed by atoms with Gasteiger partial charge in [-0.05, 0) is 31.4 Å². The first-order valence-electron chi connectivity index (χ1n) is 6.62. The quantitative estimate of drug-likeness (QED) is 0.866. The molecule has 1 atom stereocenters. The maximum absolute atomic E-state index is 5.42. The second kappa shape index (κ2) is 4.96. The molecule has 0 aliphatic carbocycles. The summed E-state index contributed by atoms with van der Waals surface area (Å²) in [6, 6.07) is 9.13. The van der Waals surface area contributed by atoms with Crippen molar-refractivity contribution in [1.82, 2.24) is 0 Å². The molecule has 1 unspecified atom stereocenters. The molecule has 17 heavy (non-hydrogen) atoms. The van der Waals surface area contributed by atoms with Crippen LogP contribution in [0, 0.1) is 0 Å². The molecule has 0 spiro atoms. The summed E-state index contributed by atoms with van der Waals surface area (Å²) < 4.78 is 5.42. The molecule has 2 aliphatic rings. The van der Waals surface area contributed by atoms with Crippen LogP contribution in [0.25, 0.3) is 0 Å². The molecule has 92 valence electrons. The third-order valence-corrected chi connectivity index (χ3v) is 3.64.